The van der Waals surface area contributed by atoms with Crippen molar-refractivity contribution in [1.82, 2.24) is 20.2 Å². The summed E-state index contributed by atoms with van der Waals surface area (Å²) in [5.74, 6) is -0.104. The Balaban J connectivity index is 2.02. The highest BCUT2D eigenvalue weighted by Crippen LogP contribution is 2.27. The predicted octanol–water partition coefficient (Wildman–Crippen LogP) is 1.20. The summed E-state index contributed by atoms with van der Waals surface area (Å²) in [5.41, 5.74) is 0. The molecule has 1 aliphatic rings. The molecular weight excluding hydrogens is 208 g/mol. The molecule has 0 amide bonds. The van der Waals surface area contributed by atoms with E-state index in [2.05, 4.69) is 15.5 Å². The fourth-order valence-electron chi connectivity index (χ4n) is 2.20. The number of rotatable bonds is 4. The van der Waals surface area contributed by atoms with Crippen LogP contribution in [0.2, 0.25) is 0 Å². The number of aliphatic carboxylic acids is 1. The Hall–Kier alpha value is -1.46. The van der Waals surface area contributed by atoms with Crippen LogP contribution in [-0.2, 0) is 11.2 Å². The van der Waals surface area contributed by atoms with Gasteiger partial charge in [-0.1, -0.05) is 19.3 Å². The molecule has 0 unspecified atom stereocenters. The lowest BCUT2D eigenvalue weighted by Gasteiger charge is -2.22. The minimum absolute atomic E-state index is 0.0904. The molecule has 0 radical (unpaired) electrons. The standard InChI is InChI=1S/C10H16N4O2/c15-10(16)7-6-9-11-12-13-14(9)8-4-2-1-3-5-8/h8H,1-7H2,(H,15,16). The van der Waals surface area contributed by atoms with Gasteiger partial charge in [0.05, 0.1) is 12.5 Å². The van der Waals surface area contributed by atoms with Gasteiger partial charge in [0.2, 0.25) is 0 Å². The fraction of sp³-hybridized carbons (Fsp3) is 0.800. The number of carboxylic acids is 1. The zero-order valence-electron chi connectivity index (χ0n) is 9.17. The van der Waals surface area contributed by atoms with Crippen LogP contribution in [0.4, 0.5) is 0 Å². The van der Waals surface area contributed by atoms with Crippen LogP contribution in [0.5, 0.6) is 0 Å². The number of hydrogen-bond donors (Lipinski definition) is 1. The maximum Gasteiger partial charge on any atom is 0.303 e. The number of nitrogens with zero attached hydrogens (tertiary/aromatic N) is 4. The Labute approximate surface area is 93.6 Å². The molecule has 0 aromatic carbocycles. The minimum Gasteiger partial charge on any atom is -0.481 e. The van der Waals surface area contributed by atoms with Gasteiger partial charge in [0.15, 0.2) is 5.82 Å². The van der Waals surface area contributed by atoms with E-state index in [0.717, 1.165) is 12.8 Å². The van der Waals surface area contributed by atoms with Crippen LogP contribution >= 0.6 is 0 Å². The lowest BCUT2D eigenvalue weighted by Crippen LogP contribution is -2.17. The lowest BCUT2D eigenvalue weighted by atomic mass is 9.95. The third kappa shape index (κ3) is 2.56. The molecular formula is C10H16N4O2. The Morgan fingerprint density at radius 2 is 2.12 bits per heavy atom. The van der Waals surface area contributed by atoms with Crippen molar-refractivity contribution in [3.8, 4) is 0 Å². The van der Waals surface area contributed by atoms with Crippen molar-refractivity contribution in [2.45, 2.75) is 51.0 Å². The first kappa shape index (κ1) is 11.0. The highest BCUT2D eigenvalue weighted by Gasteiger charge is 2.20. The van der Waals surface area contributed by atoms with E-state index in [4.69, 9.17) is 5.11 Å². The van der Waals surface area contributed by atoms with Crippen molar-refractivity contribution >= 4 is 5.97 Å². The number of hydrogen-bond acceptors (Lipinski definition) is 4. The van der Waals surface area contributed by atoms with Crippen molar-refractivity contribution < 1.29 is 9.90 Å². The first-order chi connectivity index (χ1) is 7.77. The maximum atomic E-state index is 10.5. The summed E-state index contributed by atoms with van der Waals surface area (Å²) in [4.78, 5) is 10.5. The monoisotopic (exact) mass is 224 g/mol. The van der Waals surface area contributed by atoms with E-state index in [1.807, 2.05) is 4.68 Å². The lowest BCUT2D eigenvalue weighted by molar-refractivity contribution is -0.137. The number of carboxylic acid groups (broad SMARTS) is 1. The van der Waals surface area contributed by atoms with Crippen LogP contribution in [0, 0.1) is 0 Å². The second-order valence-corrected chi connectivity index (χ2v) is 4.23. The van der Waals surface area contributed by atoms with Gasteiger partial charge in [-0.05, 0) is 23.3 Å². The fourth-order valence-corrected chi connectivity index (χ4v) is 2.20. The summed E-state index contributed by atoms with van der Waals surface area (Å²) < 4.78 is 1.82. The molecule has 0 bridgehead atoms. The van der Waals surface area contributed by atoms with Gasteiger partial charge in [0.1, 0.15) is 0 Å². The molecule has 1 aliphatic carbocycles. The molecule has 0 atom stereocenters. The number of aryl methyl sites for hydroxylation is 1. The van der Waals surface area contributed by atoms with E-state index in [0.29, 0.717) is 18.3 Å². The van der Waals surface area contributed by atoms with Gasteiger partial charge in [-0.2, -0.15) is 0 Å². The zero-order chi connectivity index (χ0) is 11.4. The second-order valence-electron chi connectivity index (χ2n) is 4.23. The van der Waals surface area contributed by atoms with Crippen LogP contribution in [0.3, 0.4) is 0 Å². The van der Waals surface area contributed by atoms with Gasteiger partial charge < -0.3 is 5.11 Å². The molecule has 16 heavy (non-hydrogen) atoms. The smallest absolute Gasteiger partial charge is 0.303 e. The second kappa shape index (κ2) is 5.05. The molecule has 0 spiro atoms. The molecule has 6 heteroatoms. The number of tetrazole rings is 1. The molecule has 1 fully saturated rings. The van der Waals surface area contributed by atoms with E-state index in [1.54, 1.807) is 0 Å². The Kier molecular flexibility index (Phi) is 3.48. The average Bonchev–Trinajstić information content (AvgIpc) is 2.75. The van der Waals surface area contributed by atoms with Crippen LogP contribution in [0.1, 0.15) is 50.4 Å². The van der Waals surface area contributed by atoms with Crippen molar-refractivity contribution in [2.75, 3.05) is 0 Å². The van der Waals surface area contributed by atoms with E-state index >= 15 is 0 Å². The third-order valence-corrected chi connectivity index (χ3v) is 3.04. The molecule has 1 N–H and O–H groups in total. The Morgan fingerprint density at radius 3 is 2.81 bits per heavy atom. The summed E-state index contributed by atoms with van der Waals surface area (Å²) in [6.07, 6.45) is 6.41. The van der Waals surface area contributed by atoms with E-state index in [-0.39, 0.29) is 6.42 Å². The minimum atomic E-state index is -0.807. The molecule has 0 saturated heterocycles. The summed E-state index contributed by atoms with van der Waals surface area (Å²) in [6.45, 7) is 0. The maximum absolute atomic E-state index is 10.5. The Bertz CT molecular complexity index is 357. The van der Waals surface area contributed by atoms with E-state index in [9.17, 15) is 4.79 Å². The molecule has 88 valence electrons. The largest absolute Gasteiger partial charge is 0.481 e. The van der Waals surface area contributed by atoms with E-state index in [1.165, 1.54) is 19.3 Å². The summed E-state index contributed by atoms with van der Waals surface area (Å²) in [6, 6.07) is 0.368. The molecule has 1 heterocycles. The van der Waals surface area contributed by atoms with Crippen molar-refractivity contribution in [3.05, 3.63) is 5.82 Å². The third-order valence-electron chi connectivity index (χ3n) is 3.04. The normalized spacial score (nSPS) is 17.5. The van der Waals surface area contributed by atoms with Gasteiger partial charge >= 0.3 is 5.97 Å². The molecule has 1 aromatic heterocycles. The molecule has 0 aliphatic heterocycles. The van der Waals surface area contributed by atoms with E-state index < -0.39 is 5.97 Å². The van der Waals surface area contributed by atoms with Crippen molar-refractivity contribution in [3.63, 3.8) is 0 Å². The predicted molar refractivity (Wildman–Crippen MR) is 55.9 cm³/mol. The van der Waals surface area contributed by atoms with Crippen molar-refractivity contribution in [1.29, 1.82) is 0 Å². The SMILES string of the molecule is O=C(O)CCc1nnnn1C1CCCCC1. The van der Waals surface area contributed by atoms with Crippen LogP contribution in [-0.4, -0.2) is 31.3 Å². The van der Waals surface area contributed by atoms with Crippen LogP contribution in [0.25, 0.3) is 0 Å². The van der Waals surface area contributed by atoms with Gasteiger partial charge in [0.25, 0.3) is 0 Å². The van der Waals surface area contributed by atoms with Gasteiger partial charge in [-0.15, -0.1) is 5.10 Å². The highest BCUT2D eigenvalue weighted by molar-refractivity contribution is 5.66. The highest BCUT2D eigenvalue weighted by atomic mass is 16.4. The number of aromatic nitrogens is 4. The van der Waals surface area contributed by atoms with Crippen molar-refractivity contribution in [2.24, 2.45) is 0 Å². The molecule has 2 rings (SSSR count). The first-order valence-electron chi connectivity index (χ1n) is 5.76. The average molecular weight is 224 g/mol. The summed E-state index contributed by atoms with van der Waals surface area (Å²) in [5, 5.41) is 20.2. The topological polar surface area (TPSA) is 80.9 Å². The van der Waals surface area contributed by atoms with Gasteiger partial charge in [0, 0.05) is 6.42 Å². The quantitative estimate of drug-likeness (QED) is 0.831. The molecule has 1 saturated carbocycles. The van der Waals surface area contributed by atoms with Gasteiger partial charge in [-0.3, -0.25) is 4.79 Å². The Morgan fingerprint density at radius 1 is 1.38 bits per heavy atom. The first-order valence-corrected chi connectivity index (χ1v) is 5.76. The summed E-state index contributed by atoms with van der Waals surface area (Å²) >= 11 is 0. The molecule has 6 nitrogen and oxygen atoms in total. The van der Waals surface area contributed by atoms with Crippen LogP contribution < -0.4 is 0 Å². The van der Waals surface area contributed by atoms with Crippen LogP contribution in [0.15, 0.2) is 0 Å². The summed E-state index contributed by atoms with van der Waals surface area (Å²) in [7, 11) is 0. The molecule has 1 aromatic rings. The zero-order valence-corrected chi connectivity index (χ0v) is 9.17. The van der Waals surface area contributed by atoms with Gasteiger partial charge in [-0.25, -0.2) is 4.68 Å². The number of carbonyl (C=O) groups is 1.